The number of hydrogen-bond donors (Lipinski definition) is 0. The number of carbonyl (C=O) groups excluding carboxylic acids is 1. The first-order valence-corrected chi connectivity index (χ1v) is 8.66. The van der Waals surface area contributed by atoms with Gasteiger partial charge in [0.1, 0.15) is 5.75 Å². The maximum absolute atomic E-state index is 12.8. The first-order chi connectivity index (χ1) is 11.7. The molecule has 24 heavy (non-hydrogen) atoms. The fourth-order valence-electron chi connectivity index (χ4n) is 2.85. The minimum absolute atomic E-state index is 0.00190. The van der Waals surface area contributed by atoms with Gasteiger partial charge in [-0.25, -0.2) is 0 Å². The molecule has 0 radical (unpaired) electrons. The van der Waals surface area contributed by atoms with Gasteiger partial charge in [0.05, 0.1) is 12.8 Å². The topological polar surface area (TPSA) is 47.4 Å². The van der Waals surface area contributed by atoms with Gasteiger partial charge in [0.15, 0.2) is 5.69 Å². The summed E-state index contributed by atoms with van der Waals surface area (Å²) in [4.78, 5) is 14.7. The van der Waals surface area contributed by atoms with Gasteiger partial charge in [-0.15, -0.1) is 0 Å². The Bertz CT molecular complexity index is 673. The minimum Gasteiger partial charge on any atom is -0.496 e. The second kappa shape index (κ2) is 8.52. The first-order valence-electron chi connectivity index (χ1n) is 8.66. The lowest BCUT2D eigenvalue weighted by Crippen LogP contribution is -2.32. The smallest absolute Gasteiger partial charge is 0.274 e. The van der Waals surface area contributed by atoms with Crippen molar-refractivity contribution in [3.63, 3.8) is 0 Å². The summed E-state index contributed by atoms with van der Waals surface area (Å²) < 4.78 is 7.32. The molecule has 2 rings (SSSR count). The number of nitrogens with zero attached hydrogens (tertiary/aromatic N) is 3. The number of benzene rings is 1. The largest absolute Gasteiger partial charge is 0.496 e. The van der Waals surface area contributed by atoms with Gasteiger partial charge in [0.25, 0.3) is 5.91 Å². The Labute approximate surface area is 144 Å². The number of rotatable bonds is 8. The second-order valence-electron chi connectivity index (χ2n) is 5.72. The zero-order valence-electron chi connectivity index (χ0n) is 15.1. The van der Waals surface area contributed by atoms with Gasteiger partial charge >= 0.3 is 0 Å². The summed E-state index contributed by atoms with van der Waals surface area (Å²) in [5, 5.41) is 4.54. The number of methoxy groups -OCH3 is 1. The number of para-hydroxylation sites is 1. The Morgan fingerprint density at radius 3 is 2.42 bits per heavy atom. The molecular formula is C19H27N3O2. The number of hydrogen-bond acceptors (Lipinski definition) is 3. The van der Waals surface area contributed by atoms with Crippen LogP contribution in [0.25, 0.3) is 11.3 Å². The summed E-state index contributed by atoms with van der Waals surface area (Å²) >= 11 is 0. The van der Waals surface area contributed by atoms with Crippen LogP contribution in [0.5, 0.6) is 5.75 Å². The first kappa shape index (κ1) is 18.0. The van der Waals surface area contributed by atoms with Crippen molar-refractivity contribution in [2.45, 2.75) is 40.2 Å². The van der Waals surface area contributed by atoms with Crippen LogP contribution in [0, 0.1) is 0 Å². The van der Waals surface area contributed by atoms with Crippen LogP contribution in [0.1, 0.15) is 44.1 Å². The van der Waals surface area contributed by atoms with Gasteiger partial charge in [-0.3, -0.25) is 9.48 Å². The summed E-state index contributed by atoms with van der Waals surface area (Å²) in [6.45, 7) is 8.41. The summed E-state index contributed by atoms with van der Waals surface area (Å²) in [6.07, 6.45) is 1.89. The van der Waals surface area contributed by atoms with Crippen molar-refractivity contribution in [1.82, 2.24) is 14.7 Å². The van der Waals surface area contributed by atoms with Gasteiger partial charge in [-0.05, 0) is 38.0 Å². The Balaban J connectivity index is 2.41. The van der Waals surface area contributed by atoms with Crippen molar-refractivity contribution >= 4 is 5.91 Å². The molecule has 1 aromatic carbocycles. The molecule has 0 saturated heterocycles. The molecule has 1 amide bonds. The quantitative estimate of drug-likeness (QED) is 0.739. The molecule has 1 aromatic heterocycles. The van der Waals surface area contributed by atoms with Gasteiger partial charge < -0.3 is 9.64 Å². The third-order valence-electron chi connectivity index (χ3n) is 3.96. The number of ether oxygens (including phenoxy) is 1. The summed E-state index contributed by atoms with van der Waals surface area (Å²) in [6, 6.07) is 9.69. The molecular weight excluding hydrogens is 302 g/mol. The van der Waals surface area contributed by atoms with Crippen molar-refractivity contribution in [2.75, 3.05) is 20.2 Å². The van der Waals surface area contributed by atoms with Crippen LogP contribution in [0.2, 0.25) is 0 Å². The highest BCUT2D eigenvalue weighted by Gasteiger charge is 2.21. The zero-order valence-corrected chi connectivity index (χ0v) is 15.1. The lowest BCUT2D eigenvalue weighted by atomic mass is 10.1. The van der Waals surface area contributed by atoms with Crippen LogP contribution in [0.3, 0.4) is 0 Å². The molecule has 0 atom stereocenters. The minimum atomic E-state index is 0.00190. The maximum atomic E-state index is 12.8. The van der Waals surface area contributed by atoms with E-state index in [1.54, 1.807) is 7.11 Å². The predicted octanol–water partition coefficient (Wildman–Crippen LogP) is 3.84. The Morgan fingerprint density at radius 1 is 1.17 bits per heavy atom. The van der Waals surface area contributed by atoms with E-state index in [1.807, 2.05) is 46.8 Å². The molecule has 5 nitrogen and oxygen atoms in total. The average molecular weight is 329 g/mol. The lowest BCUT2D eigenvalue weighted by Gasteiger charge is -2.20. The third-order valence-corrected chi connectivity index (χ3v) is 3.96. The highest BCUT2D eigenvalue weighted by molar-refractivity contribution is 5.93. The molecule has 0 N–H and O–H groups in total. The molecule has 0 fully saturated rings. The fraction of sp³-hybridized carbons (Fsp3) is 0.474. The Kier molecular flexibility index (Phi) is 6.41. The van der Waals surface area contributed by atoms with Gasteiger partial charge in [-0.2, -0.15) is 5.10 Å². The van der Waals surface area contributed by atoms with Crippen LogP contribution < -0.4 is 4.74 Å². The standard InChI is InChI=1S/C19H27N3O2/c1-5-12-21(13-6-2)19(23)16-14-17(22(7-3)20-16)15-10-8-9-11-18(15)24-4/h8-11,14H,5-7,12-13H2,1-4H3. The van der Waals surface area contributed by atoms with Crippen molar-refractivity contribution in [1.29, 1.82) is 0 Å². The number of amides is 1. The predicted molar refractivity (Wildman–Crippen MR) is 96.4 cm³/mol. The zero-order chi connectivity index (χ0) is 17.5. The molecule has 0 saturated carbocycles. The molecule has 5 heteroatoms. The molecule has 0 aliphatic carbocycles. The summed E-state index contributed by atoms with van der Waals surface area (Å²) in [5.41, 5.74) is 2.36. The number of aryl methyl sites for hydroxylation is 1. The van der Waals surface area contributed by atoms with Gasteiger partial charge in [-0.1, -0.05) is 26.0 Å². The SMILES string of the molecule is CCCN(CCC)C(=O)c1cc(-c2ccccc2OC)n(CC)n1. The third kappa shape index (κ3) is 3.78. The second-order valence-corrected chi connectivity index (χ2v) is 5.72. The molecule has 0 bridgehead atoms. The monoisotopic (exact) mass is 329 g/mol. The van der Waals surface area contributed by atoms with E-state index < -0.39 is 0 Å². The van der Waals surface area contributed by atoms with E-state index in [-0.39, 0.29) is 5.91 Å². The van der Waals surface area contributed by atoms with Crippen molar-refractivity contribution < 1.29 is 9.53 Å². The van der Waals surface area contributed by atoms with E-state index in [9.17, 15) is 4.79 Å². The highest BCUT2D eigenvalue weighted by Crippen LogP contribution is 2.30. The highest BCUT2D eigenvalue weighted by atomic mass is 16.5. The van der Waals surface area contributed by atoms with E-state index in [2.05, 4.69) is 18.9 Å². The van der Waals surface area contributed by atoms with Crippen molar-refractivity contribution in [2.24, 2.45) is 0 Å². The van der Waals surface area contributed by atoms with Crippen LogP contribution in [0.15, 0.2) is 30.3 Å². The van der Waals surface area contributed by atoms with Crippen LogP contribution in [-0.2, 0) is 6.54 Å². The van der Waals surface area contributed by atoms with Crippen LogP contribution in [0.4, 0.5) is 0 Å². The van der Waals surface area contributed by atoms with Gasteiger partial charge in [0.2, 0.25) is 0 Å². The normalized spacial score (nSPS) is 10.7. The molecule has 0 aliphatic heterocycles. The lowest BCUT2D eigenvalue weighted by molar-refractivity contribution is 0.0748. The summed E-state index contributed by atoms with van der Waals surface area (Å²) in [5.74, 6) is 0.784. The van der Waals surface area contributed by atoms with E-state index in [0.717, 1.165) is 42.9 Å². The van der Waals surface area contributed by atoms with E-state index >= 15 is 0 Å². The fourth-order valence-corrected chi connectivity index (χ4v) is 2.85. The number of carbonyl (C=O) groups is 1. The maximum Gasteiger partial charge on any atom is 0.274 e. The van der Waals surface area contributed by atoms with Crippen molar-refractivity contribution in [3.8, 4) is 17.0 Å². The Hall–Kier alpha value is -2.30. The van der Waals surface area contributed by atoms with E-state index in [0.29, 0.717) is 12.2 Å². The summed E-state index contributed by atoms with van der Waals surface area (Å²) in [7, 11) is 1.65. The Morgan fingerprint density at radius 2 is 1.83 bits per heavy atom. The van der Waals surface area contributed by atoms with Crippen molar-refractivity contribution in [3.05, 3.63) is 36.0 Å². The molecule has 2 aromatic rings. The number of aromatic nitrogens is 2. The molecule has 1 heterocycles. The molecule has 0 unspecified atom stereocenters. The molecule has 0 aliphatic rings. The molecule has 130 valence electrons. The molecule has 0 spiro atoms. The van der Waals surface area contributed by atoms with Crippen LogP contribution in [-0.4, -0.2) is 40.8 Å². The average Bonchev–Trinajstić information content (AvgIpc) is 3.05. The van der Waals surface area contributed by atoms with E-state index in [4.69, 9.17) is 4.74 Å². The van der Waals surface area contributed by atoms with Crippen LogP contribution >= 0.6 is 0 Å². The van der Waals surface area contributed by atoms with E-state index in [1.165, 1.54) is 0 Å². The van der Waals surface area contributed by atoms with Gasteiger partial charge in [0, 0.05) is 25.2 Å².